The number of benzene rings is 8. The number of amides is 6. The van der Waals surface area contributed by atoms with Crippen molar-refractivity contribution in [3.05, 3.63) is 239 Å². The Morgan fingerprint density at radius 1 is 0.298 bits per heavy atom. The van der Waals surface area contributed by atoms with Gasteiger partial charge >= 0.3 is 0 Å². The summed E-state index contributed by atoms with van der Waals surface area (Å²) in [7, 11) is 0. The van der Waals surface area contributed by atoms with Crippen molar-refractivity contribution in [3.63, 3.8) is 0 Å². The maximum absolute atomic E-state index is 12.2. The van der Waals surface area contributed by atoms with Gasteiger partial charge in [0.05, 0.1) is 0 Å². The van der Waals surface area contributed by atoms with E-state index in [0.29, 0.717) is 47.6 Å². The van der Waals surface area contributed by atoms with Gasteiger partial charge in [0.2, 0.25) is 35.4 Å². The van der Waals surface area contributed by atoms with E-state index < -0.39 is 0 Å². The predicted octanol–water partition coefficient (Wildman–Crippen LogP) is 27.5. The zero-order chi connectivity index (χ0) is 90.7. The smallest absolute Gasteiger partial charge is 0.224 e. The predicted molar refractivity (Wildman–Crippen MR) is 524 cm³/mol. The lowest BCUT2D eigenvalue weighted by Gasteiger charge is -2.49. The fraction of sp³-hybridized carbons (Fsp3) is 0.509. The van der Waals surface area contributed by atoms with Gasteiger partial charge in [0, 0.05) is 134 Å². The summed E-state index contributed by atoms with van der Waals surface area (Å²) >= 11 is 0. The second-order valence-corrected chi connectivity index (χ2v) is 37.6. The molecule has 0 saturated carbocycles. The molecule has 14 heteroatoms. The van der Waals surface area contributed by atoms with E-state index in [1.165, 1.54) is 75.1 Å². The Hall–Kier alpha value is -9.82. The molecule has 8 aliphatic rings. The van der Waals surface area contributed by atoms with Crippen LogP contribution in [0.3, 0.4) is 0 Å². The van der Waals surface area contributed by atoms with Crippen LogP contribution in [-0.2, 0) is 28.8 Å². The molecule has 124 heavy (non-hydrogen) atoms. The number of hydrogen-bond donors (Lipinski definition) is 2. The summed E-state index contributed by atoms with van der Waals surface area (Å²) in [6, 6.07) is 67.7. The van der Waals surface area contributed by atoms with E-state index in [0.717, 1.165) is 143 Å². The van der Waals surface area contributed by atoms with Crippen molar-refractivity contribution >= 4 is 80.9 Å². The number of para-hydroxylation sites is 8. The molecule has 2 N–H and O–H groups in total. The molecule has 8 aromatic rings. The van der Waals surface area contributed by atoms with Gasteiger partial charge in [0.15, 0.2) is 0 Å². The first-order chi connectivity index (χ1) is 59.1. The van der Waals surface area contributed by atoms with E-state index in [4.69, 9.17) is 0 Å². The van der Waals surface area contributed by atoms with Gasteiger partial charge < -0.3 is 40.0 Å². The van der Waals surface area contributed by atoms with Crippen LogP contribution < -0.4 is 40.0 Å². The summed E-state index contributed by atoms with van der Waals surface area (Å²) in [6.45, 7) is 51.9. The topological polar surface area (TPSA) is 146 Å². The van der Waals surface area contributed by atoms with Crippen LogP contribution in [0.1, 0.15) is 361 Å². The molecule has 8 aliphatic heterocycles. The first-order valence-electron chi connectivity index (χ1n) is 47.1. The number of nitrogens with one attached hydrogen (secondary N) is 2. The van der Waals surface area contributed by atoms with Crippen LogP contribution in [0.25, 0.3) is 0 Å². The largest absolute Gasteiger partial charge is 0.385 e. The summed E-state index contributed by atoms with van der Waals surface area (Å²) in [5.41, 5.74) is 20.0. The van der Waals surface area contributed by atoms with Crippen LogP contribution >= 0.6 is 0 Å². The fourth-order valence-electron chi connectivity index (χ4n) is 22.1. The Balaban J connectivity index is 0.000000161. The van der Waals surface area contributed by atoms with Crippen molar-refractivity contribution in [1.82, 2.24) is 0 Å². The highest BCUT2D eigenvalue weighted by atomic mass is 16.2. The highest BCUT2D eigenvalue weighted by Gasteiger charge is 2.46. The monoisotopic (exact) mass is 1680 g/mol. The van der Waals surface area contributed by atoms with Gasteiger partial charge in [-0.3, -0.25) is 28.8 Å². The molecule has 0 radical (unpaired) electrons. The summed E-state index contributed by atoms with van der Waals surface area (Å²) < 4.78 is 0. The minimum absolute atomic E-state index is 0.000856. The maximum atomic E-state index is 12.2. The molecule has 0 aliphatic carbocycles. The summed E-state index contributed by atoms with van der Waals surface area (Å²) in [6.07, 6.45) is 17.6. The van der Waals surface area contributed by atoms with Crippen molar-refractivity contribution in [1.29, 1.82) is 0 Å². The standard InChI is InChI=1S/C17H25NO.C16H23NO.C15H21NO.2C14H19NO.C13H17NO.C11H15N.C10H13N/c1-5-14-12-17(6-2,7-3)18(13(4)19)16-11-9-8-10-15(14)16;1-5-13-11-16(4,6-2)17(12(3)18)15-10-8-7-9-14(13)15;1-5-15(4)10-11(2)13-8-6-7-9-14(13)16(15)12(3)17;1-10-9-14(3,4)15(11(2)16)13-8-6-5-7-12(10)13;1-4-12-9-10(2)15(11(3)16)14-8-6-5-7-13(12)14;1-9-8-10(2)14(11(3)15)13-7-5-4-6-12(9)13;1-2-9-7-8-12-11-6-4-3-5-10(9)11;1-8-6-7-11-10-5-3-2-4-9(8)10/h8-11,14H,5-7,12H2,1-4H3;7-10,13H,5-6,11H2,1-4H3;6-9,11H,5,10H2,1-4H3;5-8,10H,9H2,1-4H3;5-8,10,12H,4,9H2,1-3H3;4-7,9-10H,8H2,1-3H3;3-6,9,12H,2,7-8H2,1H3;2-5,8,11H,6-7H2,1H3. The van der Waals surface area contributed by atoms with Gasteiger partial charge in [0.1, 0.15) is 0 Å². The maximum Gasteiger partial charge on any atom is 0.224 e. The van der Waals surface area contributed by atoms with E-state index >= 15 is 0 Å². The highest BCUT2D eigenvalue weighted by Crippen LogP contribution is 2.51. The zero-order valence-corrected chi connectivity index (χ0v) is 80.1. The second-order valence-electron chi connectivity index (χ2n) is 37.6. The van der Waals surface area contributed by atoms with Crippen molar-refractivity contribution in [2.24, 2.45) is 0 Å². The molecule has 0 aromatic heterocycles. The third-order valence-electron chi connectivity index (χ3n) is 28.6. The molecule has 8 aromatic carbocycles. The molecule has 0 saturated heterocycles. The Morgan fingerprint density at radius 2 is 0.621 bits per heavy atom. The summed E-state index contributed by atoms with van der Waals surface area (Å²) in [5.74, 6) is 5.73. The first-order valence-corrected chi connectivity index (χ1v) is 47.1. The molecule has 668 valence electrons. The second kappa shape index (κ2) is 43.9. The zero-order valence-electron chi connectivity index (χ0n) is 80.1. The van der Waals surface area contributed by atoms with Crippen molar-refractivity contribution in [3.8, 4) is 0 Å². The number of carbonyl (C=O) groups excluding carboxylic acids is 6. The minimum Gasteiger partial charge on any atom is -0.385 e. The molecule has 6 amide bonds. The molecule has 16 rings (SSSR count). The average Bonchev–Trinajstić information content (AvgIpc) is 0.762. The summed E-state index contributed by atoms with van der Waals surface area (Å²) in [5, 5.41) is 6.82. The van der Waals surface area contributed by atoms with Gasteiger partial charge in [-0.25, -0.2) is 0 Å². The van der Waals surface area contributed by atoms with Crippen molar-refractivity contribution in [2.75, 3.05) is 53.1 Å². The van der Waals surface area contributed by atoms with Gasteiger partial charge in [-0.1, -0.05) is 229 Å². The molecular formula is C110H152N8O6. The molecule has 8 heterocycles. The number of nitrogens with zero attached hydrogens (tertiary/aromatic N) is 6. The molecular weight excluding hydrogens is 1530 g/mol. The lowest BCUT2D eigenvalue weighted by Crippen LogP contribution is -2.54. The number of fused-ring (bicyclic) bond motifs is 8. The normalized spacial score (nSPS) is 24.0. The first kappa shape index (κ1) is 98.0. The fourth-order valence-corrected chi connectivity index (χ4v) is 22.1. The third kappa shape index (κ3) is 22.2. The van der Waals surface area contributed by atoms with E-state index in [1.54, 1.807) is 41.5 Å². The molecule has 14 nitrogen and oxygen atoms in total. The van der Waals surface area contributed by atoms with Crippen molar-refractivity contribution < 1.29 is 28.8 Å². The SMILES string of the molecule is CC(=O)N1c2ccccc2C(C)CC1(C)C.CC(=O)N1c2ccccc2C(C)CC1C.CC1CCNc2ccccc21.CCC1(C)CC(C)c2ccccc2N1C(C)=O.CCC1CC(C)(CC)N(C(C)=O)c2ccccc21.CCC1CC(C)N(C(C)=O)c2ccccc21.CCC1CC(CC)(CC)N(C(C)=O)c2ccccc21.CCC1CCNc2ccccc21. The molecule has 0 spiro atoms. The van der Waals surface area contributed by atoms with Gasteiger partial charge in [-0.05, 0) is 285 Å². The molecule has 0 bridgehead atoms. The summed E-state index contributed by atoms with van der Waals surface area (Å²) in [4.78, 5) is 83.2. The van der Waals surface area contributed by atoms with Gasteiger partial charge in [-0.2, -0.15) is 0 Å². The third-order valence-corrected chi connectivity index (χ3v) is 28.6. The van der Waals surface area contributed by atoms with Crippen molar-refractivity contribution in [2.45, 2.75) is 350 Å². The Morgan fingerprint density at radius 3 is 1.04 bits per heavy atom. The lowest BCUT2D eigenvalue weighted by atomic mass is 9.73. The van der Waals surface area contributed by atoms with E-state index in [-0.39, 0.29) is 57.6 Å². The van der Waals surface area contributed by atoms with Crippen LogP contribution in [-0.4, -0.2) is 82.8 Å². The minimum atomic E-state index is -0.0837. The van der Waals surface area contributed by atoms with Crippen LogP contribution in [0.4, 0.5) is 45.5 Å². The number of anilines is 8. The number of hydrogen-bond acceptors (Lipinski definition) is 8. The lowest BCUT2D eigenvalue weighted by molar-refractivity contribution is -0.119. The van der Waals surface area contributed by atoms with Gasteiger partial charge in [0.25, 0.3) is 0 Å². The Bertz CT molecular complexity index is 4890. The Labute approximate surface area is 747 Å². The van der Waals surface area contributed by atoms with E-state index in [2.05, 4.69) is 274 Å². The van der Waals surface area contributed by atoms with Crippen LogP contribution in [0, 0.1) is 0 Å². The molecule has 0 fully saturated rings. The van der Waals surface area contributed by atoms with E-state index in [9.17, 15) is 28.8 Å². The number of rotatable bonds is 8. The molecule has 12 unspecified atom stereocenters. The quantitative estimate of drug-likeness (QED) is 0.153. The molecule has 12 atom stereocenters. The van der Waals surface area contributed by atoms with Crippen LogP contribution in [0.5, 0.6) is 0 Å². The van der Waals surface area contributed by atoms with Crippen LogP contribution in [0.2, 0.25) is 0 Å². The number of carbonyl (C=O) groups is 6. The average molecular weight is 1680 g/mol. The van der Waals surface area contributed by atoms with Crippen LogP contribution in [0.15, 0.2) is 194 Å². The highest BCUT2D eigenvalue weighted by molar-refractivity contribution is 5.98. The van der Waals surface area contributed by atoms with E-state index in [1.807, 2.05) is 85.2 Å². The van der Waals surface area contributed by atoms with Gasteiger partial charge in [-0.15, -0.1) is 0 Å². The Kier molecular flexibility index (Phi) is 34.7.